The first-order chi connectivity index (χ1) is 19.9. The number of anilines is 1. The molecule has 10 heteroatoms. The lowest BCUT2D eigenvalue weighted by molar-refractivity contribution is -0.156. The van der Waals surface area contributed by atoms with E-state index in [1.54, 1.807) is 49.0 Å². The zero-order valence-corrected chi connectivity index (χ0v) is 24.8. The van der Waals surface area contributed by atoms with Crippen molar-refractivity contribution < 1.29 is 38.1 Å². The van der Waals surface area contributed by atoms with E-state index in [4.69, 9.17) is 23.7 Å². The predicted octanol–water partition coefficient (Wildman–Crippen LogP) is 5.31. The Morgan fingerprint density at radius 3 is 2.20 bits per heavy atom. The van der Waals surface area contributed by atoms with Crippen molar-refractivity contribution in [3.63, 3.8) is 0 Å². The molecule has 0 saturated carbocycles. The molecule has 2 aromatic rings. The molecule has 2 amide bonds. The Bertz CT molecular complexity index is 1170. The summed E-state index contributed by atoms with van der Waals surface area (Å²) in [6.07, 6.45) is 3.90. The fraction of sp³-hybridized carbons (Fsp3) is 0.516. The average Bonchev–Trinajstić information content (AvgIpc) is 2.97. The first-order valence-electron chi connectivity index (χ1n) is 14.3. The fourth-order valence-electron chi connectivity index (χ4n) is 4.74. The molecule has 3 rings (SSSR count). The van der Waals surface area contributed by atoms with Crippen LogP contribution in [0.3, 0.4) is 0 Å². The van der Waals surface area contributed by atoms with E-state index in [1.165, 1.54) is 7.11 Å². The number of carbonyl (C=O) groups is 3. The van der Waals surface area contributed by atoms with E-state index >= 15 is 0 Å². The number of amides is 2. The van der Waals surface area contributed by atoms with Gasteiger partial charge in [0.1, 0.15) is 5.75 Å². The molecule has 1 aliphatic rings. The van der Waals surface area contributed by atoms with Gasteiger partial charge in [-0.25, -0.2) is 4.79 Å². The summed E-state index contributed by atoms with van der Waals surface area (Å²) in [6, 6.07) is 10.5. The number of esters is 2. The molecule has 0 radical (unpaired) electrons. The van der Waals surface area contributed by atoms with Gasteiger partial charge in [-0.05, 0) is 50.5 Å². The summed E-state index contributed by atoms with van der Waals surface area (Å²) < 4.78 is 27.3. The second-order valence-electron chi connectivity index (χ2n) is 9.61. The van der Waals surface area contributed by atoms with Gasteiger partial charge in [0.25, 0.3) is 0 Å². The van der Waals surface area contributed by atoms with E-state index in [2.05, 4.69) is 6.92 Å². The molecule has 1 saturated heterocycles. The van der Waals surface area contributed by atoms with E-state index in [0.717, 1.165) is 36.9 Å². The minimum absolute atomic E-state index is 0.137. The molecule has 0 aliphatic carbocycles. The molecule has 0 bridgehead atoms. The molecule has 1 fully saturated rings. The number of urea groups is 1. The van der Waals surface area contributed by atoms with Gasteiger partial charge >= 0.3 is 18.0 Å². The van der Waals surface area contributed by atoms with Crippen molar-refractivity contribution in [2.24, 2.45) is 0 Å². The fourth-order valence-corrected chi connectivity index (χ4v) is 4.74. The molecule has 1 heterocycles. The van der Waals surface area contributed by atoms with Crippen molar-refractivity contribution in [2.75, 3.05) is 52.0 Å². The van der Waals surface area contributed by atoms with Gasteiger partial charge in [0.05, 0.1) is 40.6 Å². The number of nitrogens with zero attached hydrogens (tertiary/aromatic N) is 2. The molecule has 41 heavy (non-hydrogen) atoms. The van der Waals surface area contributed by atoms with Crippen LogP contribution in [-0.2, 0) is 25.6 Å². The van der Waals surface area contributed by atoms with Crippen LogP contribution < -0.4 is 19.1 Å². The predicted molar refractivity (Wildman–Crippen MR) is 155 cm³/mol. The molecule has 2 aromatic carbocycles. The Balaban J connectivity index is 1.81. The van der Waals surface area contributed by atoms with Crippen molar-refractivity contribution in [1.29, 1.82) is 0 Å². The van der Waals surface area contributed by atoms with E-state index in [-0.39, 0.29) is 19.2 Å². The number of unbranched alkanes of at least 4 members (excludes halogenated alkanes) is 2. The first-order valence-corrected chi connectivity index (χ1v) is 14.3. The zero-order chi connectivity index (χ0) is 29.8. The number of carbonyl (C=O) groups excluding carboxylic acids is 3. The number of hydrogen-bond acceptors (Lipinski definition) is 8. The molecule has 0 spiro atoms. The Hall–Kier alpha value is -3.95. The molecular weight excluding hydrogens is 528 g/mol. The normalized spacial score (nSPS) is 13.3. The highest BCUT2D eigenvalue weighted by atomic mass is 16.6. The number of hydrogen-bond donors (Lipinski definition) is 0. The van der Waals surface area contributed by atoms with Crippen molar-refractivity contribution in [2.45, 2.75) is 58.9 Å². The monoisotopic (exact) mass is 570 g/mol. The summed E-state index contributed by atoms with van der Waals surface area (Å²) in [5, 5.41) is 0. The number of ether oxygens (including phenoxy) is 5. The lowest BCUT2D eigenvalue weighted by Crippen LogP contribution is -2.49. The SMILES string of the molecule is CCCCCOc1cc(N2CCCN(Cc3ccc(C(C(=O)OCC)C(=O)OCC)cc3OC)C2=O)ccc1OC. The van der Waals surface area contributed by atoms with Gasteiger partial charge in [0.15, 0.2) is 17.4 Å². The van der Waals surface area contributed by atoms with E-state index in [1.807, 2.05) is 18.2 Å². The van der Waals surface area contributed by atoms with Crippen molar-refractivity contribution >= 4 is 23.7 Å². The maximum absolute atomic E-state index is 13.6. The number of benzene rings is 2. The molecule has 224 valence electrons. The van der Waals surface area contributed by atoms with E-state index in [9.17, 15) is 14.4 Å². The molecule has 0 atom stereocenters. The summed E-state index contributed by atoms with van der Waals surface area (Å²) >= 11 is 0. The third-order valence-corrected chi connectivity index (χ3v) is 6.83. The van der Waals surface area contributed by atoms with Crippen molar-refractivity contribution in [3.05, 3.63) is 47.5 Å². The second-order valence-corrected chi connectivity index (χ2v) is 9.61. The van der Waals surface area contributed by atoms with Crippen LogP contribution in [0.1, 0.15) is 63.5 Å². The van der Waals surface area contributed by atoms with Gasteiger partial charge < -0.3 is 28.6 Å². The minimum atomic E-state index is -1.22. The van der Waals surface area contributed by atoms with Crippen LogP contribution >= 0.6 is 0 Å². The molecule has 1 aliphatic heterocycles. The van der Waals surface area contributed by atoms with E-state index < -0.39 is 17.9 Å². The highest BCUT2D eigenvalue weighted by Crippen LogP contribution is 2.34. The number of rotatable bonds is 15. The van der Waals surface area contributed by atoms with Gasteiger partial charge in [-0.2, -0.15) is 0 Å². The van der Waals surface area contributed by atoms with Gasteiger partial charge in [0.2, 0.25) is 0 Å². The highest BCUT2D eigenvalue weighted by molar-refractivity contribution is 6.01. The standard InChI is InChI=1S/C31H42N2O8/c1-6-9-10-18-41-27-20-24(14-15-25(27)37-4)33-17-11-16-32(31(33)36)21-23-13-12-22(19-26(23)38-5)28(29(34)39-7-2)30(35)40-8-3/h12-15,19-20,28H,6-11,16-18,21H2,1-5H3. The highest BCUT2D eigenvalue weighted by Gasteiger charge is 2.33. The summed E-state index contributed by atoms with van der Waals surface area (Å²) in [5.41, 5.74) is 1.88. The Kier molecular flexibility index (Phi) is 12.1. The van der Waals surface area contributed by atoms with Crippen LogP contribution in [0.4, 0.5) is 10.5 Å². The topological polar surface area (TPSA) is 104 Å². The maximum atomic E-state index is 13.6. The zero-order valence-electron chi connectivity index (χ0n) is 24.8. The molecule has 0 unspecified atom stereocenters. The summed E-state index contributed by atoms with van der Waals surface area (Å²) in [7, 11) is 3.11. The van der Waals surface area contributed by atoms with Gasteiger partial charge in [-0.1, -0.05) is 31.9 Å². The average molecular weight is 571 g/mol. The van der Waals surface area contributed by atoms with E-state index in [0.29, 0.717) is 49.1 Å². The molecular formula is C31H42N2O8. The lowest BCUT2D eigenvalue weighted by atomic mass is 9.97. The second kappa shape index (κ2) is 15.7. The minimum Gasteiger partial charge on any atom is -0.496 e. The van der Waals surface area contributed by atoms with Gasteiger partial charge in [-0.3, -0.25) is 14.5 Å². The third kappa shape index (κ3) is 8.05. The molecule has 0 aromatic heterocycles. The lowest BCUT2D eigenvalue weighted by Gasteiger charge is -2.36. The Morgan fingerprint density at radius 1 is 0.854 bits per heavy atom. The molecule has 0 N–H and O–H groups in total. The van der Waals surface area contributed by atoms with Crippen LogP contribution in [0, 0.1) is 0 Å². The number of methoxy groups -OCH3 is 2. The summed E-state index contributed by atoms with van der Waals surface area (Å²) in [6.45, 7) is 7.79. The first kappa shape index (κ1) is 31.6. The van der Waals surface area contributed by atoms with Crippen molar-refractivity contribution in [1.82, 2.24) is 4.90 Å². The van der Waals surface area contributed by atoms with Crippen LogP contribution in [0.5, 0.6) is 17.2 Å². The quantitative estimate of drug-likeness (QED) is 0.161. The largest absolute Gasteiger partial charge is 0.496 e. The van der Waals surface area contributed by atoms with Gasteiger partial charge in [0, 0.05) is 30.4 Å². The summed E-state index contributed by atoms with van der Waals surface area (Å²) in [4.78, 5) is 42.3. The Labute approximate surface area is 242 Å². The van der Waals surface area contributed by atoms with Crippen LogP contribution in [0.2, 0.25) is 0 Å². The maximum Gasteiger partial charge on any atom is 0.324 e. The van der Waals surface area contributed by atoms with Gasteiger partial charge in [-0.15, -0.1) is 0 Å². The molecule has 10 nitrogen and oxygen atoms in total. The van der Waals surface area contributed by atoms with Crippen LogP contribution in [0.15, 0.2) is 36.4 Å². The van der Waals surface area contributed by atoms with Crippen molar-refractivity contribution in [3.8, 4) is 17.2 Å². The van der Waals surface area contributed by atoms with Crippen LogP contribution in [0.25, 0.3) is 0 Å². The Morgan fingerprint density at radius 2 is 1.56 bits per heavy atom. The summed E-state index contributed by atoms with van der Waals surface area (Å²) in [5.74, 6) is -0.898. The third-order valence-electron chi connectivity index (χ3n) is 6.83. The smallest absolute Gasteiger partial charge is 0.324 e. The van der Waals surface area contributed by atoms with Crippen LogP contribution in [-0.4, -0.2) is 70.0 Å².